The zero-order valence-electron chi connectivity index (χ0n) is 16.6. The van der Waals surface area contributed by atoms with Crippen LogP contribution in [-0.2, 0) is 0 Å². The SMILES string of the molecule is COc1ccccc1-c1cnc2c(Oc3ccc4c(C)cc(=O)oc4c3)nc(Br)cn12. The highest BCUT2D eigenvalue weighted by Gasteiger charge is 2.16. The summed E-state index contributed by atoms with van der Waals surface area (Å²) >= 11 is 3.45. The number of para-hydroxylation sites is 1. The van der Waals surface area contributed by atoms with Gasteiger partial charge in [-0.15, -0.1) is 0 Å². The molecule has 0 saturated heterocycles. The lowest BCUT2D eigenvalue weighted by molar-refractivity contribution is 0.416. The third kappa shape index (κ3) is 3.44. The summed E-state index contributed by atoms with van der Waals surface area (Å²) < 4.78 is 19.3. The molecule has 0 radical (unpaired) electrons. The monoisotopic (exact) mass is 477 g/mol. The van der Waals surface area contributed by atoms with E-state index in [0.717, 1.165) is 28.0 Å². The first kappa shape index (κ1) is 19.3. The van der Waals surface area contributed by atoms with Crippen LogP contribution in [0.25, 0.3) is 27.9 Å². The smallest absolute Gasteiger partial charge is 0.336 e. The Kier molecular flexibility index (Phi) is 4.71. The highest BCUT2D eigenvalue weighted by atomic mass is 79.9. The van der Waals surface area contributed by atoms with Gasteiger partial charge < -0.3 is 13.9 Å². The number of nitrogens with zero attached hydrogens (tertiary/aromatic N) is 3. The molecule has 5 aromatic rings. The van der Waals surface area contributed by atoms with Gasteiger partial charge >= 0.3 is 5.63 Å². The maximum absolute atomic E-state index is 11.7. The van der Waals surface area contributed by atoms with Crippen molar-refractivity contribution in [3.63, 3.8) is 0 Å². The van der Waals surface area contributed by atoms with Crippen molar-refractivity contribution in [2.24, 2.45) is 0 Å². The van der Waals surface area contributed by atoms with E-state index in [1.807, 2.05) is 47.9 Å². The van der Waals surface area contributed by atoms with Crippen molar-refractivity contribution in [2.75, 3.05) is 7.11 Å². The third-order valence-corrected chi connectivity index (χ3v) is 5.33. The van der Waals surface area contributed by atoms with Crippen LogP contribution in [0.3, 0.4) is 0 Å². The number of rotatable bonds is 4. The topological polar surface area (TPSA) is 78.9 Å². The lowest BCUT2D eigenvalue weighted by Crippen LogP contribution is -1.99. The minimum Gasteiger partial charge on any atom is -0.496 e. The number of methoxy groups -OCH3 is 1. The summed E-state index contributed by atoms with van der Waals surface area (Å²) in [6.45, 7) is 1.86. The van der Waals surface area contributed by atoms with Gasteiger partial charge in [0.05, 0.1) is 19.0 Å². The molecule has 0 bridgehead atoms. The van der Waals surface area contributed by atoms with Crippen molar-refractivity contribution in [1.82, 2.24) is 14.4 Å². The highest BCUT2D eigenvalue weighted by Crippen LogP contribution is 2.34. The lowest BCUT2D eigenvalue weighted by Gasteiger charge is -2.10. The number of imidazole rings is 1. The van der Waals surface area contributed by atoms with Crippen molar-refractivity contribution in [3.05, 3.63) is 81.5 Å². The first-order valence-corrected chi connectivity index (χ1v) is 10.2. The summed E-state index contributed by atoms with van der Waals surface area (Å²) in [5.74, 6) is 1.53. The number of hydrogen-bond donors (Lipinski definition) is 0. The molecule has 3 heterocycles. The minimum absolute atomic E-state index is 0.310. The average molecular weight is 478 g/mol. The van der Waals surface area contributed by atoms with Gasteiger partial charge in [0.25, 0.3) is 5.88 Å². The molecule has 0 amide bonds. The second-order valence-corrected chi connectivity index (χ2v) is 7.73. The van der Waals surface area contributed by atoms with E-state index in [0.29, 0.717) is 27.5 Å². The molecular weight excluding hydrogens is 462 g/mol. The molecule has 0 aliphatic rings. The predicted molar refractivity (Wildman–Crippen MR) is 120 cm³/mol. The highest BCUT2D eigenvalue weighted by molar-refractivity contribution is 9.10. The molecule has 154 valence electrons. The molecule has 5 rings (SSSR count). The lowest BCUT2D eigenvalue weighted by atomic mass is 10.1. The minimum atomic E-state index is -0.403. The summed E-state index contributed by atoms with van der Waals surface area (Å²) in [5.41, 5.74) is 3.15. The number of fused-ring (bicyclic) bond motifs is 2. The third-order valence-electron chi connectivity index (χ3n) is 4.95. The van der Waals surface area contributed by atoms with Gasteiger partial charge in [-0.1, -0.05) is 12.1 Å². The van der Waals surface area contributed by atoms with Crippen LogP contribution < -0.4 is 15.1 Å². The summed E-state index contributed by atoms with van der Waals surface area (Å²) in [6, 6.07) is 14.5. The Labute approximate surface area is 185 Å². The molecule has 0 aliphatic carbocycles. The Bertz CT molecular complexity index is 1510. The van der Waals surface area contributed by atoms with Gasteiger partial charge in [0.15, 0.2) is 0 Å². The number of halogens is 1. The van der Waals surface area contributed by atoms with Gasteiger partial charge in [-0.2, -0.15) is 0 Å². The van der Waals surface area contributed by atoms with Crippen molar-refractivity contribution >= 4 is 32.5 Å². The van der Waals surface area contributed by atoms with Crippen LogP contribution in [0, 0.1) is 6.92 Å². The molecule has 0 fully saturated rings. The fourth-order valence-corrected chi connectivity index (χ4v) is 3.90. The summed E-state index contributed by atoms with van der Waals surface area (Å²) in [5, 5.41) is 0.846. The van der Waals surface area contributed by atoms with Gasteiger partial charge in [0.2, 0.25) is 5.65 Å². The van der Waals surface area contributed by atoms with Gasteiger partial charge in [-0.05, 0) is 52.7 Å². The molecule has 3 aromatic heterocycles. The molecule has 0 unspecified atom stereocenters. The first-order valence-electron chi connectivity index (χ1n) is 9.43. The average Bonchev–Trinajstić information content (AvgIpc) is 3.17. The zero-order valence-corrected chi connectivity index (χ0v) is 18.2. The Morgan fingerprint density at radius 2 is 1.97 bits per heavy atom. The van der Waals surface area contributed by atoms with E-state index in [9.17, 15) is 4.79 Å². The molecule has 0 spiro atoms. The van der Waals surface area contributed by atoms with Crippen LogP contribution in [0.4, 0.5) is 0 Å². The van der Waals surface area contributed by atoms with Crippen molar-refractivity contribution < 1.29 is 13.9 Å². The van der Waals surface area contributed by atoms with Gasteiger partial charge in [-0.25, -0.2) is 14.8 Å². The van der Waals surface area contributed by atoms with Crippen LogP contribution in [0.15, 0.2) is 74.7 Å². The van der Waals surface area contributed by atoms with Crippen LogP contribution in [0.2, 0.25) is 0 Å². The van der Waals surface area contributed by atoms with E-state index in [2.05, 4.69) is 25.9 Å². The molecule has 0 saturated carbocycles. The fourth-order valence-electron chi connectivity index (χ4n) is 3.54. The molecule has 2 aromatic carbocycles. The van der Waals surface area contributed by atoms with Crippen LogP contribution in [-0.4, -0.2) is 21.5 Å². The van der Waals surface area contributed by atoms with Gasteiger partial charge in [0.1, 0.15) is 21.7 Å². The van der Waals surface area contributed by atoms with Crippen LogP contribution in [0.1, 0.15) is 5.56 Å². The molecule has 8 heteroatoms. The van der Waals surface area contributed by atoms with E-state index in [4.69, 9.17) is 13.9 Å². The van der Waals surface area contributed by atoms with E-state index in [-0.39, 0.29) is 0 Å². The fraction of sp³-hybridized carbons (Fsp3) is 0.0870. The molecule has 0 aliphatic heterocycles. The van der Waals surface area contributed by atoms with E-state index in [1.54, 1.807) is 25.4 Å². The van der Waals surface area contributed by atoms with E-state index >= 15 is 0 Å². The largest absolute Gasteiger partial charge is 0.496 e. The summed E-state index contributed by atoms with van der Waals surface area (Å²) in [4.78, 5) is 20.7. The molecular formula is C23H16BrN3O4. The standard InChI is InChI=1S/C23H16BrN3O4/c1-13-9-21(28)31-19-10-14(7-8-15(13)19)30-23-22-25-11-17(27(22)12-20(24)26-23)16-5-3-4-6-18(16)29-2/h3-12H,1-2H3. The van der Waals surface area contributed by atoms with E-state index < -0.39 is 5.63 Å². The summed E-state index contributed by atoms with van der Waals surface area (Å²) in [7, 11) is 1.63. The Hall–Kier alpha value is -3.65. The second kappa shape index (κ2) is 7.55. The molecule has 7 nitrogen and oxygen atoms in total. The Morgan fingerprint density at radius 1 is 1.13 bits per heavy atom. The first-order chi connectivity index (χ1) is 15.0. The quantitative estimate of drug-likeness (QED) is 0.323. The number of benzene rings is 2. The van der Waals surface area contributed by atoms with Crippen molar-refractivity contribution in [1.29, 1.82) is 0 Å². The number of aromatic nitrogens is 3. The van der Waals surface area contributed by atoms with Crippen molar-refractivity contribution in [3.8, 4) is 28.6 Å². The van der Waals surface area contributed by atoms with Crippen molar-refractivity contribution in [2.45, 2.75) is 6.92 Å². The van der Waals surface area contributed by atoms with Gasteiger partial charge in [-0.3, -0.25) is 4.40 Å². The summed E-state index contributed by atoms with van der Waals surface area (Å²) in [6.07, 6.45) is 3.57. The maximum Gasteiger partial charge on any atom is 0.336 e. The number of ether oxygens (including phenoxy) is 2. The normalized spacial score (nSPS) is 11.2. The predicted octanol–water partition coefficient (Wildman–Crippen LogP) is 5.37. The second-order valence-electron chi connectivity index (χ2n) is 6.91. The Balaban J connectivity index is 1.62. The molecule has 0 N–H and O–H groups in total. The van der Waals surface area contributed by atoms with Crippen LogP contribution in [0.5, 0.6) is 17.4 Å². The number of hydrogen-bond acceptors (Lipinski definition) is 6. The molecule has 0 atom stereocenters. The number of aryl methyl sites for hydroxylation is 1. The van der Waals surface area contributed by atoms with E-state index in [1.165, 1.54) is 6.07 Å². The zero-order chi connectivity index (χ0) is 21.5. The maximum atomic E-state index is 11.7. The Morgan fingerprint density at radius 3 is 2.81 bits per heavy atom. The van der Waals surface area contributed by atoms with Gasteiger partial charge in [0, 0.05) is 29.3 Å². The van der Waals surface area contributed by atoms with Crippen LogP contribution >= 0.6 is 15.9 Å². The molecule has 31 heavy (non-hydrogen) atoms.